The summed E-state index contributed by atoms with van der Waals surface area (Å²) >= 11 is 0. The van der Waals surface area contributed by atoms with Crippen molar-refractivity contribution in [2.24, 2.45) is 0 Å². The molecule has 4 nitrogen and oxygen atoms in total. The molecule has 1 aromatic heterocycles. The second-order valence-electron chi connectivity index (χ2n) is 9.54. The molecule has 0 atom stereocenters. The van der Waals surface area contributed by atoms with Crippen LogP contribution in [0.25, 0.3) is 10.9 Å². The lowest BCUT2D eigenvalue weighted by Gasteiger charge is -2.32. The van der Waals surface area contributed by atoms with Crippen LogP contribution in [-0.4, -0.2) is 37.6 Å². The number of fused-ring (bicyclic) bond motifs is 1. The normalized spacial score (nSPS) is 19.4. The van der Waals surface area contributed by atoms with Gasteiger partial charge in [-0.25, -0.2) is 0 Å². The first-order valence-corrected chi connectivity index (χ1v) is 13.2. The van der Waals surface area contributed by atoms with Crippen LogP contribution in [-0.2, 0) is 20.8 Å². The lowest BCUT2D eigenvalue weighted by atomic mass is 9.79. The Balaban J connectivity index is 1.70. The minimum absolute atomic E-state index is 0.317. The van der Waals surface area contributed by atoms with Crippen LogP contribution in [0.1, 0.15) is 27.7 Å². The second-order valence-corrected chi connectivity index (χ2v) is 15.2. The zero-order valence-corrected chi connectivity index (χ0v) is 18.3. The maximum atomic E-state index is 6.17. The van der Waals surface area contributed by atoms with E-state index < -0.39 is 8.07 Å². The fraction of sp³-hybridized carbons (Fsp3) is 0.600. The van der Waals surface area contributed by atoms with E-state index in [1.807, 2.05) is 0 Å². The maximum absolute atomic E-state index is 6.17. The quantitative estimate of drug-likeness (QED) is 0.561. The van der Waals surface area contributed by atoms with E-state index >= 15 is 0 Å². The third-order valence-corrected chi connectivity index (χ3v) is 7.25. The van der Waals surface area contributed by atoms with Crippen molar-refractivity contribution in [2.45, 2.75) is 71.3 Å². The molecule has 0 spiro atoms. The predicted molar refractivity (Wildman–Crippen MR) is 112 cm³/mol. The summed E-state index contributed by atoms with van der Waals surface area (Å²) in [5, 5.41) is 1.19. The van der Waals surface area contributed by atoms with Crippen LogP contribution in [0.5, 0.6) is 0 Å². The maximum Gasteiger partial charge on any atom is 0.494 e. The summed E-state index contributed by atoms with van der Waals surface area (Å²) in [6.45, 7) is 16.9. The van der Waals surface area contributed by atoms with Gasteiger partial charge >= 0.3 is 7.12 Å². The molecule has 0 aliphatic carbocycles. The predicted octanol–water partition coefficient (Wildman–Crippen LogP) is 4.25. The minimum atomic E-state index is -1.04. The molecule has 6 heteroatoms. The number of ether oxygens (including phenoxy) is 1. The van der Waals surface area contributed by atoms with Gasteiger partial charge in [-0.15, -0.1) is 0 Å². The molecule has 0 unspecified atom stereocenters. The summed E-state index contributed by atoms with van der Waals surface area (Å²) in [6.07, 6.45) is 2.09. The van der Waals surface area contributed by atoms with Gasteiger partial charge in [-0.05, 0) is 56.7 Å². The molecule has 142 valence electrons. The van der Waals surface area contributed by atoms with Crippen LogP contribution in [0.2, 0.25) is 25.7 Å². The second kappa shape index (κ2) is 6.82. The molecule has 0 saturated carbocycles. The molecule has 0 bridgehead atoms. The highest BCUT2D eigenvalue weighted by molar-refractivity contribution is 6.76. The van der Waals surface area contributed by atoms with Crippen molar-refractivity contribution in [2.75, 3.05) is 6.61 Å². The molecular weight excluding hydrogens is 341 g/mol. The van der Waals surface area contributed by atoms with Crippen LogP contribution < -0.4 is 5.46 Å². The lowest BCUT2D eigenvalue weighted by molar-refractivity contribution is 0.00578. The van der Waals surface area contributed by atoms with Crippen molar-refractivity contribution in [3.05, 3.63) is 30.5 Å². The van der Waals surface area contributed by atoms with Gasteiger partial charge in [0.2, 0.25) is 0 Å². The zero-order valence-electron chi connectivity index (χ0n) is 17.3. The number of hydrogen-bond donors (Lipinski definition) is 0. The van der Waals surface area contributed by atoms with Gasteiger partial charge in [0, 0.05) is 26.4 Å². The molecule has 3 rings (SSSR count). The lowest BCUT2D eigenvalue weighted by Crippen LogP contribution is -2.41. The largest absolute Gasteiger partial charge is 0.494 e. The Hall–Kier alpha value is -1.08. The van der Waals surface area contributed by atoms with Crippen molar-refractivity contribution >= 4 is 31.6 Å². The first-order valence-electron chi connectivity index (χ1n) is 9.51. The topological polar surface area (TPSA) is 32.6 Å². The van der Waals surface area contributed by atoms with E-state index in [-0.39, 0.29) is 18.3 Å². The highest BCUT2D eigenvalue weighted by Crippen LogP contribution is 2.36. The van der Waals surface area contributed by atoms with E-state index in [1.54, 1.807) is 0 Å². The highest BCUT2D eigenvalue weighted by atomic mass is 28.3. The monoisotopic (exact) mass is 373 g/mol. The van der Waals surface area contributed by atoms with Crippen molar-refractivity contribution in [3.63, 3.8) is 0 Å². The van der Waals surface area contributed by atoms with E-state index in [2.05, 4.69) is 82.4 Å². The van der Waals surface area contributed by atoms with Crippen LogP contribution >= 0.6 is 0 Å². The van der Waals surface area contributed by atoms with Crippen molar-refractivity contribution in [3.8, 4) is 0 Å². The summed E-state index contributed by atoms with van der Waals surface area (Å²) in [4.78, 5) is 0. The molecular formula is C20H32BNO3Si. The highest BCUT2D eigenvalue weighted by Gasteiger charge is 2.51. The molecule has 2 heterocycles. The number of nitrogens with zero attached hydrogens (tertiary/aromatic N) is 1. The molecule has 1 saturated heterocycles. The molecule has 2 aromatic rings. The van der Waals surface area contributed by atoms with E-state index in [4.69, 9.17) is 14.0 Å². The molecule has 1 aromatic carbocycles. The Morgan fingerprint density at radius 1 is 1.04 bits per heavy atom. The smallest absolute Gasteiger partial charge is 0.399 e. The molecule has 0 radical (unpaired) electrons. The van der Waals surface area contributed by atoms with Gasteiger partial charge in [-0.1, -0.05) is 31.8 Å². The Morgan fingerprint density at radius 2 is 1.69 bits per heavy atom. The van der Waals surface area contributed by atoms with Gasteiger partial charge in [0.1, 0.15) is 6.73 Å². The summed E-state index contributed by atoms with van der Waals surface area (Å²) < 4.78 is 20.4. The summed E-state index contributed by atoms with van der Waals surface area (Å²) in [5.74, 6) is 0. The van der Waals surface area contributed by atoms with E-state index in [1.165, 1.54) is 16.9 Å². The van der Waals surface area contributed by atoms with E-state index in [0.717, 1.165) is 12.1 Å². The van der Waals surface area contributed by atoms with Gasteiger partial charge in [0.15, 0.2) is 0 Å². The first kappa shape index (κ1) is 19.7. The molecule has 1 aliphatic heterocycles. The Morgan fingerprint density at radius 3 is 2.31 bits per heavy atom. The van der Waals surface area contributed by atoms with Crippen molar-refractivity contribution in [1.82, 2.24) is 4.57 Å². The summed E-state index contributed by atoms with van der Waals surface area (Å²) in [7, 11) is -1.36. The summed E-state index contributed by atoms with van der Waals surface area (Å²) in [5.41, 5.74) is 1.61. The number of hydrogen-bond acceptors (Lipinski definition) is 3. The summed E-state index contributed by atoms with van der Waals surface area (Å²) in [6, 6.07) is 9.72. The number of benzene rings is 1. The minimum Gasteiger partial charge on any atom is -0.399 e. The average molecular weight is 373 g/mol. The average Bonchev–Trinajstić information content (AvgIpc) is 3.00. The Kier molecular flexibility index (Phi) is 5.16. The van der Waals surface area contributed by atoms with Gasteiger partial charge in [0.25, 0.3) is 0 Å². The third-order valence-electron chi connectivity index (χ3n) is 5.55. The zero-order chi connectivity index (χ0) is 19.2. The molecule has 26 heavy (non-hydrogen) atoms. The van der Waals surface area contributed by atoms with Gasteiger partial charge in [-0.3, -0.25) is 0 Å². The van der Waals surface area contributed by atoms with Crippen LogP contribution in [0, 0.1) is 0 Å². The van der Waals surface area contributed by atoms with E-state index in [0.29, 0.717) is 6.73 Å². The standard InChI is InChI=1S/C20H32BNO3Si/c1-19(2)20(3,4)25-21(24-19)17-8-9-18-16(14-17)10-11-22(18)15-23-12-13-26(5,6)7/h8-11,14H,12-13,15H2,1-7H3. The molecule has 0 N–H and O–H groups in total. The molecule has 1 aliphatic rings. The van der Waals surface area contributed by atoms with Gasteiger partial charge in [-0.2, -0.15) is 0 Å². The van der Waals surface area contributed by atoms with E-state index in [9.17, 15) is 0 Å². The van der Waals surface area contributed by atoms with Gasteiger partial charge in [0.05, 0.1) is 11.2 Å². The molecule has 1 fully saturated rings. The first-order chi connectivity index (χ1) is 12.0. The van der Waals surface area contributed by atoms with Crippen molar-refractivity contribution < 1.29 is 14.0 Å². The fourth-order valence-electron chi connectivity index (χ4n) is 3.00. The van der Waals surface area contributed by atoms with Crippen LogP contribution in [0.15, 0.2) is 30.5 Å². The fourth-order valence-corrected chi connectivity index (χ4v) is 3.75. The Labute approximate surface area is 159 Å². The number of aromatic nitrogens is 1. The third kappa shape index (κ3) is 4.09. The van der Waals surface area contributed by atoms with Crippen molar-refractivity contribution in [1.29, 1.82) is 0 Å². The van der Waals surface area contributed by atoms with Gasteiger partial charge < -0.3 is 18.6 Å². The SMILES string of the molecule is CC1(C)OB(c2ccc3c(ccn3COCC[Si](C)(C)C)c2)OC1(C)C. The van der Waals surface area contributed by atoms with Crippen LogP contribution in [0.4, 0.5) is 0 Å². The molecule has 0 amide bonds. The number of rotatable bonds is 6. The van der Waals surface area contributed by atoms with Crippen LogP contribution in [0.3, 0.4) is 0 Å². The Bertz CT molecular complexity index is 763.